The lowest BCUT2D eigenvalue weighted by molar-refractivity contribution is -0.146. The van der Waals surface area contributed by atoms with Crippen LogP contribution in [0.2, 0.25) is 0 Å². The molecule has 1 saturated heterocycles. The van der Waals surface area contributed by atoms with E-state index < -0.39 is 0 Å². The SMILES string of the molecule is CC(C)(C)OC(=O)N1CCCC1.CCOC(=O)C(C)C. The third kappa shape index (κ3) is 8.77. The number of carbonyl (C=O) groups is 2. The van der Waals surface area contributed by atoms with Crippen LogP contribution < -0.4 is 0 Å². The Balaban J connectivity index is 0.000000396. The summed E-state index contributed by atoms with van der Waals surface area (Å²) in [5, 5.41) is 0. The molecule has 118 valence electrons. The zero-order valence-electron chi connectivity index (χ0n) is 13.7. The van der Waals surface area contributed by atoms with Gasteiger partial charge in [0.25, 0.3) is 0 Å². The molecule has 1 fully saturated rings. The minimum Gasteiger partial charge on any atom is -0.466 e. The van der Waals surface area contributed by atoms with E-state index in [1.807, 2.05) is 34.6 Å². The van der Waals surface area contributed by atoms with Gasteiger partial charge in [-0.05, 0) is 40.5 Å². The first-order valence-corrected chi connectivity index (χ1v) is 7.32. The molecule has 1 rings (SSSR count). The molecule has 0 N–H and O–H groups in total. The Morgan fingerprint density at radius 2 is 1.65 bits per heavy atom. The summed E-state index contributed by atoms with van der Waals surface area (Å²) in [7, 11) is 0. The lowest BCUT2D eigenvalue weighted by Crippen LogP contribution is -2.34. The Labute approximate surface area is 122 Å². The average Bonchev–Trinajstić information content (AvgIpc) is 2.81. The average molecular weight is 287 g/mol. The third-order valence-corrected chi connectivity index (χ3v) is 2.52. The van der Waals surface area contributed by atoms with Crippen molar-refractivity contribution in [3.63, 3.8) is 0 Å². The van der Waals surface area contributed by atoms with Crippen molar-refractivity contribution in [3.8, 4) is 0 Å². The smallest absolute Gasteiger partial charge is 0.410 e. The van der Waals surface area contributed by atoms with E-state index in [1.54, 1.807) is 11.8 Å². The van der Waals surface area contributed by atoms with E-state index in [2.05, 4.69) is 4.74 Å². The maximum Gasteiger partial charge on any atom is 0.410 e. The molecule has 1 aliphatic heterocycles. The van der Waals surface area contributed by atoms with Crippen molar-refractivity contribution in [3.05, 3.63) is 0 Å². The molecular weight excluding hydrogens is 258 g/mol. The zero-order valence-corrected chi connectivity index (χ0v) is 13.7. The van der Waals surface area contributed by atoms with E-state index in [9.17, 15) is 9.59 Å². The second-order valence-electron chi connectivity index (χ2n) is 6.08. The molecule has 0 saturated carbocycles. The number of rotatable bonds is 2. The number of likely N-dealkylation sites (tertiary alicyclic amines) is 1. The normalized spacial score (nSPS) is 14.7. The highest BCUT2D eigenvalue weighted by molar-refractivity contribution is 5.71. The topological polar surface area (TPSA) is 55.8 Å². The maximum atomic E-state index is 11.4. The van der Waals surface area contributed by atoms with Crippen LogP contribution in [0.15, 0.2) is 0 Å². The van der Waals surface area contributed by atoms with Gasteiger partial charge in [-0.25, -0.2) is 4.79 Å². The molecule has 0 aromatic carbocycles. The summed E-state index contributed by atoms with van der Waals surface area (Å²) < 4.78 is 9.87. The lowest BCUT2D eigenvalue weighted by Gasteiger charge is -2.23. The number of hydrogen-bond donors (Lipinski definition) is 0. The van der Waals surface area contributed by atoms with Gasteiger partial charge >= 0.3 is 12.1 Å². The largest absolute Gasteiger partial charge is 0.466 e. The fraction of sp³-hybridized carbons (Fsp3) is 0.867. The second kappa shape index (κ2) is 8.82. The monoisotopic (exact) mass is 287 g/mol. The number of amides is 1. The van der Waals surface area contributed by atoms with Crippen LogP contribution in [0.5, 0.6) is 0 Å². The number of esters is 1. The third-order valence-electron chi connectivity index (χ3n) is 2.52. The van der Waals surface area contributed by atoms with Crippen LogP contribution in [0.1, 0.15) is 54.4 Å². The van der Waals surface area contributed by atoms with E-state index >= 15 is 0 Å². The Morgan fingerprint density at radius 3 is 1.95 bits per heavy atom. The maximum absolute atomic E-state index is 11.4. The van der Waals surface area contributed by atoms with Crippen molar-refractivity contribution >= 4 is 12.1 Å². The number of nitrogens with zero attached hydrogens (tertiary/aromatic N) is 1. The summed E-state index contributed by atoms with van der Waals surface area (Å²) in [5.74, 6) is -0.109. The minimum absolute atomic E-state index is 0.00921. The molecule has 5 nitrogen and oxygen atoms in total. The molecule has 0 spiro atoms. The summed E-state index contributed by atoms with van der Waals surface area (Å²) in [6.45, 7) is 13.3. The van der Waals surface area contributed by atoms with Gasteiger partial charge in [0, 0.05) is 13.1 Å². The van der Waals surface area contributed by atoms with Crippen molar-refractivity contribution in [1.82, 2.24) is 4.90 Å². The fourth-order valence-corrected chi connectivity index (χ4v) is 1.54. The first kappa shape index (κ1) is 18.7. The van der Waals surface area contributed by atoms with Crippen molar-refractivity contribution in [2.24, 2.45) is 5.92 Å². The van der Waals surface area contributed by atoms with Crippen LogP contribution in [0.4, 0.5) is 4.79 Å². The molecule has 0 aliphatic carbocycles. The van der Waals surface area contributed by atoms with Crippen LogP contribution in [0.3, 0.4) is 0 Å². The molecule has 0 unspecified atom stereocenters. The minimum atomic E-state index is -0.361. The number of hydrogen-bond acceptors (Lipinski definition) is 4. The Morgan fingerprint density at radius 1 is 1.15 bits per heavy atom. The number of carbonyl (C=O) groups excluding carboxylic acids is 2. The highest BCUT2D eigenvalue weighted by atomic mass is 16.6. The lowest BCUT2D eigenvalue weighted by atomic mass is 10.2. The molecule has 0 aromatic rings. The fourth-order valence-electron chi connectivity index (χ4n) is 1.54. The van der Waals surface area contributed by atoms with Gasteiger partial charge in [0.1, 0.15) is 5.60 Å². The van der Waals surface area contributed by atoms with Gasteiger partial charge in [-0.3, -0.25) is 4.79 Å². The van der Waals surface area contributed by atoms with Crippen LogP contribution in [0, 0.1) is 5.92 Å². The first-order chi connectivity index (χ1) is 9.17. The van der Waals surface area contributed by atoms with E-state index in [-0.39, 0.29) is 23.6 Å². The van der Waals surface area contributed by atoms with Gasteiger partial charge in [0.05, 0.1) is 12.5 Å². The van der Waals surface area contributed by atoms with Gasteiger partial charge in [-0.2, -0.15) is 0 Å². The highest BCUT2D eigenvalue weighted by Gasteiger charge is 2.23. The predicted octanol–water partition coefficient (Wildman–Crippen LogP) is 3.22. The Bertz CT molecular complexity index is 301. The standard InChI is InChI=1S/C9H17NO2.C6H12O2/c1-9(2,3)12-8(11)10-6-4-5-7-10;1-4-8-6(7)5(2)3/h4-7H2,1-3H3;5H,4H2,1-3H3. The molecule has 5 heteroatoms. The molecule has 1 amide bonds. The molecular formula is C15H29NO4. The van der Waals surface area contributed by atoms with Crippen LogP contribution in [-0.4, -0.2) is 42.3 Å². The summed E-state index contributed by atoms with van der Waals surface area (Å²) in [5.41, 5.74) is -0.361. The van der Waals surface area contributed by atoms with Gasteiger partial charge in [0.15, 0.2) is 0 Å². The van der Waals surface area contributed by atoms with E-state index in [0.29, 0.717) is 6.61 Å². The van der Waals surface area contributed by atoms with Crippen molar-refractivity contribution in [2.45, 2.75) is 60.0 Å². The van der Waals surface area contributed by atoms with Gasteiger partial charge < -0.3 is 14.4 Å². The van der Waals surface area contributed by atoms with Crippen LogP contribution >= 0.6 is 0 Å². The van der Waals surface area contributed by atoms with Gasteiger partial charge in [0.2, 0.25) is 0 Å². The molecule has 0 bridgehead atoms. The van der Waals surface area contributed by atoms with Crippen molar-refractivity contribution < 1.29 is 19.1 Å². The zero-order chi connectivity index (χ0) is 15.8. The summed E-state index contributed by atoms with van der Waals surface area (Å²) in [6.07, 6.45) is 2.05. The molecule has 0 radical (unpaired) electrons. The molecule has 0 aromatic heterocycles. The van der Waals surface area contributed by atoms with Crippen molar-refractivity contribution in [2.75, 3.05) is 19.7 Å². The van der Waals surface area contributed by atoms with E-state index in [4.69, 9.17) is 4.74 Å². The molecule has 0 atom stereocenters. The molecule has 1 heterocycles. The van der Waals surface area contributed by atoms with E-state index in [1.165, 1.54) is 0 Å². The first-order valence-electron chi connectivity index (χ1n) is 7.32. The number of ether oxygens (including phenoxy) is 2. The second-order valence-corrected chi connectivity index (χ2v) is 6.08. The van der Waals surface area contributed by atoms with Crippen LogP contribution in [-0.2, 0) is 14.3 Å². The van der Waals surface area contributed by atoms with Gasteiger partial charge in [-0.15, -0.1) is 0 Å². The Kier molecular flexibility index (Phi) is 8.26. The van der Waals surface area contributed by atoms with E-state index in [0.717, 1.165) is 25.9 Å². The van der Waals surface area contributed by atoms with Crippen LogP contribution in [0.25, 0.3) is 0 Å². The summed E-state index contributed by atoms with van der Waals surface area (Å²) in [4.78, 5) is 23.7. The highest BCUT2D eigenvalue weighted by Crippen LogP contribution is 2.14. The summed E-state index contributed by atoms with van der Waals surface area (Å²) >= 11 is 0. The summed E-state index contributed by atoms with van der Waals surface area (Å²) in [6, 6.07) is 0. The molecule has 1 aliphatic rings. The van der Waals surface area contributed by atoms with Gasteiger partial charge in [-0.1, -0.05) is 13.8 Å². The quantitative estimate of drug-likeness (QED) is 0.732. The predicted molar refractivity (Wildman–Crippen MR) is 78.5 cm³/mol. The van der Waals surface area contributed by atoms with Crippen molar-refractivity contribution in [1.29, 1.82) is 0 Å². The molecule has 20 heavy (non-hydrogen) atoms. The Hall–Kier alpha value is -1.26.